The first-order valence-electron chi connectivity index (χ1n) is 6.19. The van der Waals surface area contributed by atoms with Crippen LogP contribution in [0.4, 0.5) is 10.5 Å². The standard InChI is InChI=1S/C13H15Cl3N2O3/c1-3-18(6-7(2)12(19)20)13(21)17-11-5-9(15)8(14)4-10(11)16/h4-5,7H,3,6H2,1-2H3,(H,17,21)(H,19,20). The Balaban J connectivity index is 2.83. The fraction of sp³-hybridized carbons (Fsp3) is 0.385. The third-order valence-electron chi connectivity index (χ3n) is 2.84. The largest absolute Gasteiger partial charge is 0.481 e. The molecule has 116 valence electrons. The number of hydrogen-bond acceptors (Lipinski definition) is 2. The van der Waals surface area contributed by atoms with E-state index in [1.807, 2.05) is 0 Å². The molecule has 0 heterocycles. The number of carboxylic acid groups (broad SMARTS) is 1. The van der Waals surface area contributed by atoms with E-state index in [4.69, 9.17) is 39.9 Å². The average Bonchev–Trinajstić information content (AvgIpc) is 2.41. The summed E-state index contributed by atoms with van der Waals surface area (Å²) in [5, 5.41) is 12.3. The van der Waals surface area contributed by atoms with Crippen LogP contribution in [-0.2, 0) is 4.79 Å². The van der Waals surface area contributed by atoms with Crippen LogP contribution in [0.3, 0.4) is 0 Å². The predicted molar refractivity (Wildman–Crippen MR) is 84.5 cm³/mol. The summed E-state index contributed by atoms with van der Waals surface area (Å²) in [5.41, 5.74) is 0.317. The van der Waals surface area contributed by atoms with Gasteiger partial charge in [-0.1, -0.05) is 41.7 Å². The second-order valence-corrected chi connectivity index (χ2v) is 5.68. The number of nitrogens with zero attached hydrogens (tertiary/aromatic N) is 1. The average molecular weight is 354 g/mol. The van der Waals surface area contributed by atoms with Gasteiger partial charge in [-0.2, -0.15) is 0 Å². The van der Waals surface area contributed by atoms with E-state index in [0.717, 1.165) is 0 Å². The molecule has 5 nitrogen and oxygen atoms in total. The lowest BCUT2D eigenvalue weighted by Crippen LogP contribution is -2.39. The van der Waals surface area contributed by atoms with Crippen molar-refractivity contribution in [3.63, 3.8) is 0 Å². The van der Waals surface area contributed by atoms with Crippen LogP contribution in [0.5, 0.6) is 0 Å². The lowest BCUT2D eigenvalue weighted by atomic mass is 10.2. The molecule has 1 atom stereocenters. The maximum atomic E-state index is 12.1. The summed E-state index contributed by atoms with van der Waals surface area (Å²) in [6.45, 7) is 3.74. The summed E-state index contributed by atoms with van der Waals surface area (Å²) < 4.78 is 0. The molecule has 0 aliphatic heterocycles. The maximum Gasteiger partial charge on any atom is 0.321 e. The number of halogens is 3. The molecule has 0 bridgehead atoms. The number of anilines is 1. The van der Waals surface area contributed by atoms with Gasteiger partial charge in [-0.3, -0.25) is 4.79 Å². The normalized spacial score (nSPS) is 11.9. The molecular formula is C13H15Cl3N2O3. The number of benzene rings is 1. The van der Waals surface area contributed by atoms with E-state index in [-0.39, 0.29) is 21.6 Å². The van der Waals surface area contributed by atoms with Crippen LogP contribution in [0.15, 0.2) is 12.1 Å². The molecule has 1 aromatic carbocycles. The van der Waals surface area contributed by atoms with Gasteiger partial charge >= 0.3 is 12.0 Å². The molecule has 0 saturated carbocycles. The fourth-order valence-corrected chi connectivity index (χ4v) is 2.17. The van der Waals surface area contributed by atoms with Crippen LogP contribution in [0.25, 0.3) is 0 Å². The molecule has 0 saturated heterocycles. The van der Waals surface area contributed by atoms with Crippen LogP contribution >= 0.6 is 34.8 Å². The molecule has 8 heteroatoms. The van der Waals surface area contributed by atoms with Crippen molar-refractivity contribution in [1.29, 1.82) is 0 Å². The Hall–Kier alpha value is -1.17. The van der Waals surface area contributed by atoms with E-state index in [0.29, 0.717) is 12.2 Å². The SMILES string of the molecule is CCN(CC(C)C(=O)O)C(=O)Nc1cc(Cl)c(Cl)cc1Cl. The van der Waals surface area contributed by atoms with Crippen LogP contribution in [0, 0.1) is 5.92 Å². The van der Waals surface area contributed by atoms with E-state index in [2.05, 4.69) is 5.32 Å². The Morgan fingerprint density at radius 1 is 1.24 bits per heavy atom. The molecular weight excluding hydrogens is 339 g/mol. The first-order valence-corrected chi connectivity index (χ1v) is 7.32. The number of hydrogen-bond donors (Lipinski definition) is 2. The Bertz CT molecular complexity index is 552. The van der Waals surface area contributed by atoms with Gasteiger partial charge < -0.3 is 15.3 Å². The highest BCUT2D eigenvalue weighted by Crippen LogP contribution is 2.32. The zero-order valence-corrected chi connectivity index (χ0v) is 13.8. The number of carboxylic acids is 1. The van der Waals surface area contributed by atoms with Crippen molar-refractivity contribution in [2.75, 3.05) is 18.4 Å². The zero-order valence-electron chi connectivity index (χ0n) is 11.5. The summed E-state index contributed by atoms with van der Waals surface area (Å²) >= 11 is 17.7. The molecule has 0 spiro atoms. The summed E-state index contributed by atoms with van der Waals surface area (Å²) in [4.78, 5) is 24.4. The highest BCUT2D eigenvalue weighted by atomic mass is 35.5. The van der Waals surface area contributed by atoms with Gasteiger partial charge in [0.25, 0.3) is 0 Å². The summed E-state index contributed by atoms with van der Waals surface area (Å²) in [7, 11) is 0. The van der Waals surface area contributed by atoms with E-state index < -0.39 is 17.9 Å². The first kappa shape index (κ1) is 17.9. The first-order chi connectivity index (χ1) is 9.76. The zero-order chi connectivity index (χ0) is 16.2. The Labute approximate surface area is 137 Å². The quantitative estimate of drug-likeness (QED) is 0.779. The number of carbonyl (C=O) groups is 2. The smallest absolute Gasteiger partial charge is 0.321 e. The Morgan fingerprint density at radius 2 is 1.81 bits per heavy atom. The highest BCUT2D eigenvalue weighted by molar-refractivity contribution is 6.44. The summed E-state index contributed by atoms with van der Waals surface area (Å²) in [6, 6.07) is 2.42. The topological polar surface area (TPSA) is 69.6 Å². The van der Waals surface area contributed by atoms with Crippen molar-refractivity contribution in [3.05, 3.63) is 27.2 Å². The monoisotopic (exact) mass is 352 g/mol. The van der Waals surface area contributed by atoms with Gasteiger partial charge in [-0.15, -0.1) is 0 Å². The fourth-order valence-electron chi connectivity index (χ4n) is 1.58. The maximum absolute atomic E-state index is 12.1. The molecule has 0 aliphatic carbocycles. The van der Waals surface area contributed by atoms with Crippen LogP contribution in [-0.4, -0.2) is 35.1 Å². The van der Waals surface area contributed by atoms with Crippen molar-refractivity contribution >= 4 is 52.5 Å². The van der Waals surface area contributed by atoms with E-state index in [1.165, 1.54) is 24.0 Å². The highest BCUT2D eigenvalue weighted by Gasteiger charge is 2.20. The molecule has 1 aromatic rings. The lowest BCUT2D eigenvalue weighted by molar-refractivity contribution is -0.141. The van der Waals surface area contributed by atoms with Gasteiger partial charge in [0.1, 0.15) is 0 Å². The number of aliphatic carboxylic acids is 1. The third-order valence-corrected chi connectivity index (χ3v) is 3.87. The summed E-state index contributed by atoms with van der Waals surface area (Å²) in [6.07, 6.45) is 0. The number of nitrogens with one attached hydrogen (secondary N) is 1. The Morgan fingerprint density at radius 3 is 2.33 bits per heavy atom. The minimum absolute atomic E-state index is 0.0939. The number of urea groups is 1. The lowest BCUT2D eigenvalue weighted by Gasteiger charge is -2.23. The van der Waals surface area contributed by atoms with E-state index in [1.54, 1.807) is 6.92 Å². The predicted octanol–water partition coefficient (Wildman–Crippen LogP) is 4.22. The second kappa shape index (κ2) is 7.73. The van der Waals surface area contributed by atoms with Crippen molar-refractivity contribution in [2.24, 2.45) is 5.92 Å². The molecule has 2 N–H and O–H groups in total. The molecule has 1 rings (SSSR count). The van der Waals surface area contributed by atoms with Crippen LogP contribution in [0.2, 0.25) is 15.1 Å². The number of rotatable bonds is 5. The van der Waals surface area contributed by atoms with Gasteiger partial charge in [0.05, 0.1) is 26.7 Å². The second-order valence-electron chi connectivity index (χ2n) is 4.45. The van der Waals surface area contributed by atoms with Crippen LogP contribution in [0.1, 0.15) is 13.8 Å². The van der Waals surface area contributed by atoms with Crippen molar-refractivity contribution in [1.82, 2.24) is 4.90 Å². The molecule has 0 fully saturated rings. The van der Waals surface area contributed by atoms with Gasteiger partial charge in [0.2, 0.25) is 0 Å². The van der Waals surface area contributed by atoms with Gasteiger partial charge in [0.15, 0.2) is 0 Å². The van der Waals surface area contributed by atoms with Crippen molar-refractivity contribution in [3.8, 4) is 0 Å². The van der Waals surface area contributed by atoms with Gasteiger partial charge in [-0.25, -0.2) is 4.79 Å². The summed E-state index contributed by atoms with van der Waals surface area (Å²) in [5.74, 6) is -1.63. The minimum atomic E-state index is -0.964. The van der Waals surface area contributed by atoms with Crippen molar-refractivity contribution < 1.29 is 14.7 Å². The minimum Gasteiger partial charge on any atom is -0.481 e. The molecule has 2 amide bonds. The van der Waals surface area contributed by atoms with E-state index in [9.17, 15) is 9.59 Å². The molecule has 0 aliphatic rings. The number of amides is 2. The van der Waals surface area contributed by atoms with E-state index >= 15 is 0 Å². The van der Waals surface area contributed by atoms with Gasteiger partial charge in [-0.05, 0) is 19.1 Å². The third kappa shape index (κ3) is 4.95. The van der Waals surface area contributed by atoms with Crippen LogP contribution < -0.4 is 5.32 Å². The molecule has 0 radical (unpaired) electrons. The van der Waals surface area contributed by atoms with Gasteiger partial charge in [0, 0.05) is 13.1 Å². The molecule has 1 unspecified atom stereocenters. The van der Waals surface area contributed by atoms with Crippen molar-refractivity contribution in [2.45, 2.75) is 13.8 Å². The molecule has 0 aromatic heterocycles. The Kier molecular flexibility index (Phi) is 6.58. The number of carbonyl (C=O) groups excluding carboxylic acids is 1. The molecule has 21 heavy (non-hydrogen) atoms.